The molecule has 2 aliphatic heterocycles. The van der Waals surface area contributed by atoms with E-state index in [9.17, 15) is 0 Å². The van der Waals surface area contributed by atoms with Gasteiger partial charge in [-0.3, -0.25) is 9.80 Å². The molecule has 0 amide bonds. The molecule has 2 saturated heterocycles. The maximum atomic E-state index is 8.97. The Morgan fingerprint density at radius 3 is 2.29 bits per heavy atom. The van der Waals surface area contributed by atoms with Gasteiger partial charge in [-0.25, -0.2) is 4.98 Å². The highest BCUT2D eigenvalue weighted by atomic mass is 16.3. The molecule has 1 aromatic heterocycles. The van der Waals surface area contributed by atoms with E-state index in [0.717, 1.165) is 58.2 Å². The molecule has 21 heavy (non-hydrogen) atoms. The number of piperazine rings is 1. The third kappa shape index (κ3) is 3.93. The zero-order valence-corrected chi connectivity index (χ0v) is 12.7. The highest BCUT2D eigenvalue weighted by Crippen LogP contribution is 2.18. The van der Waals surface area contributed by atoms with Gasteiger partial charge in [0.15, 0.2) is 0 Å². The number of hydrogen-bond donors (Lipinski definition) is 1. The van der Waals surface area contributed by atoms with Crippen LogP contribution in [0.3, 0.4) is 0 Å². The fraction of sp³-hybridized carbons (Fsp3) is 0.688. The van der Waals surface area contributed by atoms with Crippen LogP contribution in [0.5, 0.6) is 0 Å². The van der Waals surface area contributed by atoms with Crippen molar-refractivity contribution >= 4 is 5.82 Å². The molecule has 0 saturated carbocycles. The summed E-state index contributed by atoms with van der Waals surface area (Å²) in [6.45, 7) is 8.63. The summed E-state index contributed by atoms with van der Waals surface area (Å²) in [7, 11) is 0. The van der Waals surface area contributed by atoms with Gasteiger partial charge >= 0.3 is 0 Å². The minimum atomic E-state index is 0.266. The molecule has 0 bridgehead atoms. The van der Waals surface area contributed by atoms with Gasteiger partial charge in [-0.1, -0.05) is 6.07 Å². The van der Waals surface area contributed by atoms with Crippen molar-refractivity contribution in [3.63, 3.8) is 0 Å². The van der Waals surface area contributed by atoms with Crippen LogP contribution in [-0.2, 0) is 6.54 Å². The van der Waals surface area contributed by atoms with Crippen molar-refractivity contribution in [1.29, 1.82) is 0 Å². The fourth-order valence-corrected chi connectivity index (χ4v) is 3.21. The minimum Gasteiger partial charge on any atom is -0.395 e. The van der Waals surface area contributed by atoms with Crippen molar-refractivity contribution in [2.45, 2.75) is 19.4 Å². The van der Waals surface area contributed by atoms with Gasteiger partial charge in [0.25, 0.3) is 0 Å². The first kappa shape index (κ1) is 14.8. The molecule has 0 spiro atoms. The predicted molar refractivity (Wildman–Crippen MR) is 84.5 cm³/mol. The van der Waals surface area contributed by atoms with Crippen LogP contribution in [0.25, 0.3) is 0 Å². The zero-order valence-electron chi connectivity index (χ0n) is 12.7. The monoisotopic (exact) mass is 290 g/mol. The van der Waals surface area contributed by atoms with Crippen LogP contribution in [0.15, 0.2) is 18.3 Å². The van der Waals surface area contributed by atoms with Crippen LogP contribution in [0.1, 0.15) is 18.4 Å². The van der Waals surface area contributed by atoms with E-state index in [1.54, 1.807) is 0 Å². The first-order valence-corrected chi connectivity index (χ1v) is 8.10. The van der Waals surface area contributed by atoms with E-state index in [4.69, 9.17) is 5.11 Å². The maximum absolute atomic E-state index is 8.97. The van der Waals surface area contributed by atoms with Gasteiger partial charge in [0.2, 0.25) is 0 Å². The quantitative estimate of drug-likeness (QED) is 0.868. The molecule has 2 fully saturated rings. The first-order valence-electron chi connectivity index (χ1n) is 8.10. The third-order valence-electron chi connectivity index (χ3n) is 4.53. The highest BCUT2D eigenvalue weighted by molar-refractivity contribution is 5.40. The SMILES string of the molecule is OCCN1CCN(Cc2ccc(N3CCCC3)nc2)CC1. The van der Waals surface area contributed by atoms with Gasteiger partial charge in [-0.2, -0.15) is 0 Å². The second-order valence-corrected chi connectivity index (χ2v) is 6.06. The Balaban J connectivity index is 1.49. The van der Waals surface area contributed by atoms with Crippen LogP contribution in [0.2, 0.25) is 0 Å². The summed E-state index contributed by atoms with van der Waals surface area (Å²) >= 11 is 0. The van der Waals surface area contributed by atoms with Gasteiger partial charge in [0.05, 0.1) is 6.61 Å². The predicted octanol–water partition coefficient (Wildman–Crippen LogP) is 0.792. The molecule has 0 unspecified atom stereocenters. The number of rotatable bonds is 5. The van der Waals surface area contributed by atoms with Gasteiger partial charge in [-0.05, 0) is 24.5 Å². The lowest BCUT2D eigenvalue weighted by Crippen LogP contribution is -2.46. The van der Waals surface area contributed by atoms with Crippen LogP contribution < -0.4 is 4.90 Å². The average molecular weight is 290 g/mol. The summed E-state index contributed by atoms with van der Waals surface area (Å²) in [5.74, 6) is 1.13. The van der Waals surface area contributed by atoms with Crippen molar-refractivity contribution < 1.29 is 5.11 Å². The van der Waals surface area contributed by atoms with E-state index in [1.807, 2.05) is 6.20 Å². The van der Waals surface area contributed by atoms with E-state index in [-0.39, 0.29) is 6.61 Å². The lowest BCUT2D eigenvalue weighted by molar-refractivity contribution is 0.108. The molecular weight excluding hydrogens is 264 g/mol. The summed E-state index contributed by atoms with van der Waals surface area (Å²) in [6.07, 6.45) is 4.62. The second-order valence-electron chi connectivity index (χ2n) is 6.06. The minimum absolute atomic E-state index is 0.266. The Kier molecular flexibility index (Phi) is 5.06. The number of anilines is 1. The maximum Gasteiger partial charge on any atom is 0.128 e. The number of aliphatic hydroxyl groups excluding tert-OH is 1. The molecule has 2 aliphatic rings. The Hall–Kier alpha value is -1.17. The highest BCUT2D eigenvalue weighted by Gasteiger charge is 2.17. The molecular formula is C16H26N4O. The number of pyridine rings is 1. The van der Waals surface area contributed by atoms with E-state index < -0.39 is 0 Å². The van der Waals surface area contributed by atoms with Crippen LogP contribution in [0, 0.1) is 0 Å². The normalized spacial score (nSPS) is 21.1. The first-order chi connectivity index (χ1) is 10.3. The summed E-state index contributed by atoms with van der Waals surface area (Å²) in [5.41, 5.74) is 1.30. The fourth-order valence-electron chi connectivity index (χ4n) is 3.21. The molecule has 3 rings (SSSR count). The summed E-state index contributed by atoms with van der Waals surface area (Å²) in [4.78, 5) is 11.8. The lowest BCUT2D eigenvalue weighted by atomic mass is 10.2. The Morgan fingerprint density at radius 1 is 0.952 bits per heavy atom. The molecule has 116 valence electrons. The number of aromatic nitrogens is 1. The number of nitrogens with zero attached hydrogens (tertiary/aromatic N) is 4. The molecule has 1 N–H and O–H groups in total. The van der Waals surface area contributed by atoms with E-state index >= 15 is 0 Å². The third-order valence-corrected chi connectivity index (χ3v) is 4.53. The summed E-state index contributed by atoms with van der Waals surface area (Å²) in [5, 5.41) is 8.97. The molecule has 3 heterocycles. The standard InChI is InChI=1S/C16H26N4O/c21-12-11-18-7-9-19(10-8-18)14-15-3-4-16(17-13-15)20-5-1-2-6-20/h3-4,13,21H,1-2,5-12,14H2. The molecule has 5 heteroatoms. The van der Waals surface area contributed by atoms with Gasteiger partial charge < -0.3 is 10.0 Å². The molecule has 0 aliphatic carbocycles. The van der Waals surface area contributed by atoms with Gasteiger partial charge in [0.1, 0.15) is 5.82 Å². The van der Waals surface area contributed by atoms with Gasteiger partial charge in [-0.15, -0.1) is 0 Å². The van der Waals surface area contributed by atoms with Gasteiger partial charge in [0, 0.05) is 58.6 Å². The van der Waals surface area contributed by atoms with E-state index in [2.05, 4.69) is 31.8 Å². The van der Waals surface area contributed by atoms with E-state index in [1.165, 1.54) is 18.4 Å². The number of β-amino-alcohol motifs (C(OH)–C–C–N with tert-alkyl or cyclic N) is 1. The number of hydrogen-bond acceptors (Lipinski definition) is 5. The Labute approximate surface area is 127 Å². The second kappa shape index (κ2) is 7.20. The Morgan fingerprint density at radius 2 is 1.67 bits per heavy atom. The van der Waals surface area contributed by atoms with Crippen LogP contribution in [0.4, 0.5) is 5.82 Å². The smallest absolute Gasteiger partial charge is 0.128 e. The molecule has 0 aromatic carbocycles. The van der Waals surface area contributed by atoms with Crippen LogP contribution in [-0.4, -0.2) is 72.3 Å². The summed E-state index contributed by atoms with van der Waals surface area (Å²) < 4.78 is 0. The van der Waals surface area contributed by atoms with Crippen molar-refractivity contribution in [2.75, 3.05) is 57.3 Å². The summed E-state index contributed by atoms with van der Waals surface area (Å²) in [6, 6.07) is 4.39. The van der Waals surface area contributed by atoms with Crippen molar-refractivity contribution in [3.8, 4) is 0 Å². The van der Waals surface area contributed by atoms with Crippen molar-refractivity contribution in [3.05, 3.63) is 23.9 Å². The zero-order chi connectivity index (χ0) is 14.5. The topological polar surface area (TPSA) is 42.8 Å². The molecule has 0 radical (unpaired) electrons. The van der Waals surface area contributed by atoms with Crippen molar-refractivity contribution in [2.24, 2.45) is 0 Å². The average Bonchev–Trinajstić information content (AvgIpc) is 3.05. The Bertz CT molecular complexity index is 422. The molecule has 0 atom stereocenters. The molecule has 1 aromatic rings. The number of aliphatic hydroxyl groups is 1. The largest absolute Gasteiger partial charge is 0.395 e. The lowest BCUT2D eigenvalue weighted by Gasteiger charge is -2.34. The van der Waals surface area contributed by atoms with Crippen molar-refractivity contribution in [1.82, 2.24) is 14.8 Å². The molecule has 5 nitrogen and oxygen atoms in total. The van der Waals surface area contributed by atoms with Crippen LogP contribution >= 0.6 is 0 Å². The van der Waals surface area contributed by atoms with E-state index in [0.29, 0.717) is 0 Å².